The van der Waals surface area contributed by atoms with Gasteiger partial charge in [-0.25, -0.2) is 0 Å². The summed E-state index contributed by atoms with van der Waals surface area (Å²) in [5, 5.41) is 14.4. The Bertz CT molecular complexity index is 1050. The van der Waals surface area contributed by atoms with Gasteiger partial charge in [-0.1, -0.05) is 54.1 Å². The summed E-state index contributed by atoms with van der Waals surface area (Å²) >= 11 is 6.07. The smallest absolute Gasteiger partial charge is 0.266 e. The predicted molar refractivity (Wildman–Crippen MR) is 104 cm³/mol. The van der Waals surface area contributed by atoms with Crippen LogP contribution in [0.3, 0.4) is 0 Å². The predicted octanol–water partition coefficient (Wildman–Crippen LogP) is 5.05. The second kappa shape index (κ2) is 7.73. The Hall–Kier alpha value is -3.29. The summed E-state index contributed by atoms with van der Waals surface area (Å²) in [6, 6.07) is 20.3. The standard InChI is InChI=1S/C21H15ClN2O2/c1-26-20-11-10-14-6-2-3-7-16(14)17(20)12-15(13-23)21(25)24-19-9-5-4-8-18(19)22/h2-12H,1H3,(H,24,25)/b15-12-. The molecule has 0 spiro atoms. The monoisotopic (exact) mass is 362 g/mol. The van der Waals surface area contributed by atoms with Crippen molar-refractivity contribution in [1.82, 2.24) is 0 Å². The third kappa shape index (κ3) is 3.53. The van der Waals surface area contributed by atoms with Crippen molar-refractivity contribution in [3.8, 4) is 11.8 Å². The van der Waals surface area contributed by atoms with E-state index in [1.165, 1.54) is 6.08 Å². The van der Waals surface area contributed by atoms with Gasteiger partial charge in [0.25, 0.3) is 5.91 Å². The van der Waals surface area contributed by atoms with Gasteiger partial charge in [0.15, 0.2) is 0 Å². The molecular weight excluding hydrogens is 348 g/mol. The number of benzene rings is 3. The second-order valence-corrected chi connectivity index (χ2v) is 5.91. The third-order valence-electron chi connectivity index (χ3n) is 3.93. The van der Waals surface area contributed by atoms with Crippen LogP contribution in [-0.2, 0) is 4.79 Å². The Morgan fingerprint density at radius 1 is 1.12 bits per heavy atom. The van der Waals surface area contributed by atoms with Gasteiger partial charge in [-0.2, -0.15) is 5.26 Å². The van der Waals surface area contributed by atoms with Gasteiger partial charge in [0.1, 0.15) is 17.4 Å². The maximum Gasteiger partial charge on any atom is 0.266 e. The number of nitrogens with one attached hydrogen (secondary N) is 1. The molecule has 3 aromatic carbocycles. The van der Waals surface area contributed by atoms with E-state index in [1.807, 2.05) is 42.5 Å². The molecule has 0 saturated heterocycles. The quantitative estimate of drug-likeness (QED) is 0.522. The van der Waals surface area contributed by atoms with Gasteiger partial charge in [-0.3, -0.25) is 4.79 Å². The number of carbonyl (C=O) groups is 1. The fourth-order valence-corrected chi connectivity index (χ4v) is 2.83. The molecule has 0 aliphatic heterocycles. The first-order chi connectivity index (χ1) is 12.6. The van der Waals surface area contributed by atoms with Crippen LogP contribution < -0.4 is 10.1 Å². The largest absolute Gasteiger partial charge is 0.496 e. The average Bonchev–Trinajstić information content (AvgIpc) is 2.67. The van der Waals surface area contributed by atoms with E-state index in [-0.39, 0.29) is 5.57 Å². The molecule has 26 heavy (non-hydrogen) atoms. The van der Waals surface area contributed by atoms with E-state index in [0.29, 0.717) is 22.0 Å². The van der Waals surface area contributed by atoms with Crippen LogP contribution in [0.5, 0.6) is 5.75 Å². The van der Waals surface area contributed by atoms with E-state index in [9.17, 15) is 10.1 Å². The Morgan fingerprint density at radius 2 is 1.85 bits per heavy atom. The molecule has 0 aliphatic carbocycles. The summed E-state index contributed by atoms with van der Waals surface area (Å²) < 4.78 is 5.41. The van der Waals surface area contributed by atoms with Crippen LogP contribution in [0.4, 0.5) is 5.69 Å². The summed E-state index contributed by atoms with van der Waals surface area (Å²) in [6.45, 7) is 0. The van der Waals surface area contributed by atoms with Crippen LogP contribution in [-0.4, -0.2) is 13.0 Å². The van der Waals surface area contributed by atoms with Crippen molar-refractivity contribution in [1.29, 1.82) is 5.26 Å². The Kier molecular flexibility index (Phi) is 5.21. The second-order valence-electron chi connectivity index (χ2n) is 5.51. The lowest BCUT2D eigenvalue weighted by Crippen LogP contribution is -2.13. The lowest BCUT2D eigenvalue weighted by molar-refractivity contribution is -0.112. The molecule has 0 aromatic heterocycles. The molecule has 4 nitrogen and oxygen atoms in total. The van der Waals surface area contributed by atoms with Gasteiger partial charge in [-0.05, 0) is 35.0 Å². The molecule has 128 valence electrons. The zero-order chi connectivity index (χ0) is 18.5. The van der Waals surface area contributed by atoms with Crippen molar-refractivity contribution in [2.45, 2.75) is 0 Å². The number of nitrogens with zero attached hydrogens (tertiary/aromatic N) is 1. The number of para-hydroxylation sites is 1. The minimum atomic E-state index is -0.532. The maximum atomic E-state index is 12.5. The van der Waals surface area contributed by atoms with Crippen molar-refractivity contribution in [3.05, 3.63) is 76.8 Å². The summed E-state index contributed by atoms with van der Waals surface area (Å²) in [6.07, 6.45) is 1.54. The molecule has 0 atom stereocenters. The summed E-state index contributed by atoms with van der Waals surface area (Å²) in [5.41, 5.74) is 1.08. The number of anilines is 1. The zero-order valence-electron chi connectivity index (χ0n) is 14.0. The minimum absolute atomic E-state index is 0.0421. The number of carbonyl (C=O) groups excluding carboxylic acids is 1. The molecule has 1 N–H and O–H groups in total. The summed E-state index contributed by atoms with van der Waals surface area (Å²) in [5.74, 6) is 0.0533. The van der Waals surface area contributed by atoms with Crippen LogP contribution in [0.15, 0.2) is 66.2 Å². The van der Waals surface area contributed by atoms with E-state index >= 15 is 0 Å². The van der Waals surface area contributed by atoms with Gasteiger partial charge < -0.3 is 10.1 Å². The lowest BCUT2D eigenvalue weighted by atomic mass is 10.0. The fourth-order valence-electron chi connectivity index (χ4n) is 2.65. The SMILES string of the molecule is COc1ccc2ccccc2c1/C=C(/C#N)C(=O)Nc1ccccc1Cl. The zero-order valence-corrected chi connectivity index (χ0v) is 14.7. The van der Waals surface area contributed by atoms with Crippen LogP contribution in [0.1, 0.15) is 5.56 Å². The van der Waals surface area contributed by atoms with Crippen LogP contribution in [0, 0.1) is 11.3 Å². The number of halogens is 1. The molecule has 0 saturated carbocycles. The van der Waals surface area contributed by atoms with Crippen molar-refractivity contribution in [3.63, 3.8) is 0 Å². The number of rotatable bonds is 4. The number of ether oxygens (including phenoxy) is 1. The fraction of sp³-hybridized carbons (Fsp3) is 0.0476. The molecule has 0 unspecified atom stereocenters. The Labute approximate surface area is 156 Å². The van der Waals surface area contributed by atoms with Crippen molar-refractivity contribution >= 4 is 40.0 Å². The first-order valence-corrected chi connectivity index (χ1v) is 8.25. The van der Waals surface area contributed by atoms with Crippen LogP contribution in [0.25, 0.3) is 16.8 Å². The highest BCUT2D eigenvalue weighted by molar-refractivity contribution is 6.34. The van der Waals surface area contributed by atoms with Crippen LogP contribution in [0.2, 0.25) is 5.02 Å². The molecule has 0 heterocycles. The third-order valence-corrected chi connectivity index (χ3v) is 4.26. The molecule has 0 fully saturated rings. The molecule has 0 aliphatic rings. The molecule has 3 aromatic rings. The minimum Gasteiger partial charge on any atom is -0.496 e. The number of methoxy groups -OCH3 is 1. The molecular formula is C21H15ClN2O2. The van der Waals surface area contributed by atoms with E-state index < -0.39 is 5.91 Å². The number of nitriles is 1. The average molecular weight is 363 g/mol. The van der Waals surface area contributed by atoms with Gasteiger partial charge in [0.2, 0.25) is 0 Å². The number of fused-ring (bicyclic) bond motifs is 1. The lowest BCUT2D eigenvalue weighted by Gasteiger charge is -2.10. The van der Waals surface area contributed by atoms with Gasteiger partial charge >= 0.3 is 0 Å². The van der Waals surface area contributed by atoms with Gasteiger partial charge in [0, 0.05) is 5.56 Å². The van der Waals surface area contributed by atoms with E-state index in [2.05, 4.69) is 5.32 Å². The first kappa shape index (κ1) is 17.5. The van der Waals surface area contributed by atoms with E-state index in [4.69, 9.17) is 16.3 Å². The topological polar surface area (TPSA) is 62.1 Å². The summed E-state index contributed by atoms with van der Waals surface area (Å²) in [7, 11) is 1.55. The first-order valence-electron chi connectivity index (χ1n) is 7.87. The normalized spacial score (nSPS) is 11.0. The highest BCUT2D eigenvalue weighted by Gasteiger charge is 2.14. The van der Waals surface area contributed by atoms with Gasteiger partial charge in [-0.15, -0.1) is 0 Å². The van der Waals surface area contributed by atoms with Crippen LogP contribution >= 0.6 is 11.6 Å². The van der Waals surface area contributed by atoms with Crippen molar-refractivity contribution in [2.24, 2.45) is 0 Å². The van der Waals surface area contributed by atoms with Gasteiger partial charge in [0.05, 0.1) is 17.8 Å². The van der Waals surface area contributed by atoms with Crippen molar-refractivity contribution < 1.29 is 9.53 Å². The molecule has 0 radical (unpaired) electrons. The Morgan fingerprint density at radius 3 is 2.58 bits per heavy atom. The number of amides is 1. The highest BCUT2D eigenvalue weighted by Crippen LogP contribution is 2.30. The summed E-state index contributed by atoms with van der Waals surface area (Å²) in [4.78, 5) is 12.5. The molecule has 1 amide bonds. The molecule has 5 heteroatoms. The highest BCUT2D eigenvalue weighted by atomic mass is 35.5. The number of hydrogen-bond donors (Lipinski definition) is 1. The molecule has 3 rings (SSSR count). The van der Waals surface area contributed by atoms with Crippen molar-refractivity contribution in [2.75, 3.05) is 12.4 Å². The van der Waals surface area contributed by atoms with E-state index in [0.717, 1.165) is 10.8 Å². The maximum absolute atomic E-state index is 12.5. The van der Waals surface area contributed by atoms with E-state index in [1.54, 1.807) is 31.4 Å². The number of hydrogen-bond acceptors (Lipinski definition) is 3. The Balaban J connectivity index is 2.04. The molecule has 0 bridgehead atoms.